The third kappa shape index (κ3) is 4.10. The highest BCUT2D eigenvalue weighted by atomic mass is 79.9. The molecule has 0 heterocycles. The molecule has 0 bridgehead atoms. The van der Waals surface area contributed by atoms with Crippen molar-refractivity contribution in [3.63, 3.8) is 0 Å². The minimum Gasteiger partial charge on any atom is -0.200 e. The van der Waals surface area contributed by atoms with Gasteiger partial charge in [-0.15, -0.1) is 0 Å². The summed E-state index contributed by atoms with van der Waals surface area (Å²) in [6.45, 7) is 5.86. The molecule has 0 aliphatic heterocycles. The zero-order valence-corrected chi connectivity index (χ0v) is 13.0. The molecule has 0 unspecified atom stereocenters. The van der Waals surface area contributed by atoms with E-state index >= 15 is 0 Å². The van der Waals surface area contributed by atoms with Crippen LogP contribution in [0.4, 0.5) is 0 Å². The van der Waals surface area contributed by atoms with Crippen LogP contribution in [0.15, 0.2) is 38.7 Å². The number of nitrogens with one attached hydrogen (secondary N) is 1. The summed E-state index contributed by atoms with van der Waals surface area (Å²) >= 11 is 3.26. The third-order valence-corrected chi connectivity index (χ3v) is 4.54. The molecule has 6 heteroatoms. The van der Waals surface area contributed by atoms with E-state index in [4.69, 9.17) is 0 Å². The van der Waals surface area contributed by atoms with Crippen LogP contribution >= 0.6 is 15.9 Å². The highest BCUT2D eigenvalue weighted by Crippen LogP contribution is 2.14. The van der Waals surface area contributed by atoms with Crippen molar-refractivity contribution >= 4 is 31.7 Å². The van der Waals surface area contributed by atoms with Crippen molar-refractivity contribution in [2.45, 2.75) is 32.1 Å². The fourth-order valence-electron chi connectivity index (χ4n) is 1.20. The van der Waals surface area contributed by atoms with Crippen LogP contribution < -0.4 is 4.83 Å². The van der Waals surface area contributed by atoms with Gasteiger partial charge in [-0.3, -0.25) is 0 Å². The molecule has 1 N–H and O–H groups in total. The van der Waals surface area contributed by atoms with Crippen LogP contribution in [0.25, 0.3) is 0 Å². The van der Waals surface area contributed by atoms with Crippen LogP contribution in [0.5, 0.6) is 0 Å². The number of hydrogen-bond acceptors (Lipinski definition) is 3. The smallest absolute Gasteiger partial charge is 0.200 e. The van der Waals surface area contributed by atoms with E-state index in [0.29, 0.717) is 0 Å². The minimum atomic E-state index is -3.57. The van der Waals surface area contributed by atoms with Crippen molar-refractivity contribution in [2.24, 2.45) is 11.0 Å². The molecule has 0 fully saturated rings. The van der Waals surface area contributed by atoms with E-state index in [-0.39, 0.29) is 10.8 Å². The van der Waals surface area contributed by atoms with Crippen molar-refractivity contribution < 1.29 is 8.42 Å². The third-order valence-electron chi connectivity index (χ3n) is 2.79. The lowest BCUT2D eigenvalue weighted by Crippen LogP contribution is -2.21. The number of nitrogens with zero attached hydrogens (tertiary/aromatic N) is 1. The molecule has 1 atom stereocenters. The molecule has 0 aliphatic rings. The molecule has 0 aliphatic carbocycles. The van der Waals surface area contributed by atoms with Crippen molar-refractivity contribution in [2.75, 3.05) is 0 Å². The van der Waals surface area contributed by atoms with Gasteiger partial charge < -0.3 is 0 Å². The Balaban J connectivity index is 2.86. The van der Waals surface area contributed by atoms with Crippen LogP contribution in [0.1, 0.15) is 27.2 Å². The minimum absolute atomic E-state index is 0.200. The topological polar surface area (TPSA) is 58.5 Å². The van der Waals surface area contributed by atoms with E-state index < -0.39 is 10.0 Å². The van der Waals surface area contributed by atoms with Gasteiger partial charge in [0.05, 0.1) is 4.90 Å². The van der Waals surface area contributed by atoms with Crippen LogP contribution in [0.3, 0.4) is 0 Å². The summed E-state index contributed by atoms with van der Waals surface area (Å²) < 4.78 is 24.7. The van der Waals surface area contributed by atoms with Gasteiger partial charge in [0.1, 0.15) is 0 Å². The van der Waals surface area contributed by atoms with E-state index in [1.54, 1.807) is 12.1 Å². The summed E-state index contributed by atoms with van der Waals surface area (Å²) in [5.74, 6) is 0.262. The molecular formula is C12H17BrN2O2S. The number of sulfonamides is 1. The molecule has 0 spiro atoms. The molecule has 0 radical (unpaired) electrons. The Morgan fingerprint density at radius 1 is 1.39 bits per heavy atom. The van der Waals surface area contributed by atoms with Crippen LogP contribution in [0, 0.1) is 5.92 Å². The number of rotatable bonds is 5. The SMILES string of the molecule is CC[C@@H](C)/C(C)=N\NS(=O)(=O)c1ccc(Br)cc1. The number of hydrazone groups is 1. The van der Waals surface area contributed by atoms with Crippen molar-refractivity contribution in [1.82, 2.24) is 4.83 Å². The summed E-state index contributed by atoms with van der Waals surface area (Å²) in [4.78, 5) is 2.45. The summed E-state index contributed by atoms with van der Waals surface area (Å²) in [5, 5.41) is 3.93. The van der Waals surface area contributed by atoms with Crippen LogP contribution in [-0.2, 0) is 10.0 Å². The van der Waals surface area contributed by atoms with Gasteiger partial charge in [0.2, 0.25) is 0 Å². The van der Waals surface area contributed by atoms with Crippen molar-refractivity contribution in [3.8, 4) is 0 Å². The van der Waals surface area contributed by atoms with E-state index in [2.05, 4.69) is 25.9 Å². The highest BCUT2D eigenvalue weighted by Gasteiger charge is 2.13. The Kier molecular flexibility index (Phi) is 5.34. The summed E-state index contributed by atoms with van der Waals surface area (Å²) in [7, 11) is -3.57. The monoisotopic (exact) mass is 332 g/mol. The van der Waals surface area contributed by atoms with Gasteiger partial charge in [-0.2, -0.15) is 13.5 Å². The fraction of sp³-hybridized carbons (Fsp3) is 0.417. The molecule has 18 heavy (non-hydrogen) atoms. The van der Waals surface area contributed by atoms with Gasteiger partial charge in [0.25, 0.3) is 10.0 Å². The standard InChI is InChI=1S/C12H17BrN2O2S/c1-4-9(2)10(3)14-15-18(16,17)12-7-5-11(13)6-8-12/h5-9,15H,4H2,1-3H3/b14-10-/t9-/m1/s1. The molecule has 1 rings (SSSR count). The molecule has 1 aromatic rings. The molecule has 0 saturated heterocycles. The number of benzene rings is 1. The zero-order chi connectivity index (χ0) is 13.8. The molecule has 1 aromatic carbocycles. The van der Waals surface area contributed by atoms with E-state index in [1.165, 1.54) is 12.1 Å². The average Bonchev–Trinajstić information content (AvgIpc) is 2.35. The summed E-state index contributed by atoms with van der Waals surface area (Å²) in [6, 6.07) is 6.42. The first-order valence-corrected chi connectivity index (χ1v) is 7.96. The fourth-order valence-corrected chi connectivity index (χ4v) is 2.33. The van der Waals surface area contributed by atoms with Crippen LogP contribution in [0.2, 0.25) is 0 Å². The predicted octanol–water partition coefficient (Wildman–Crippen LogP) is 3.15. The maximum atomic E-state index is 11.9. The van der Waals surface area contributed by atoms with Gasteiger partial charge in [-0.1, -0.05) is 29.8 Å². The maximum absolute atomic E-state index is 11.9. The lowest BCUT2D eigenvalue weighted by molar-refractivity contribution is 0.583. The maximum Gasteiger partial charge on any atom is 0.276 e. The quantitative estimate of drug-likeness (QED) is 0.665. The van der Waals surface area contributed by atoms with Crippen molar-refractivity contribution in [3.05, 3.63) is 28.7 Å². The normalized spacial score (nSPS) is 14.3. The molecule has 0 amide bonds. The summed E-state index contributed by atoms with van der Waals surface area (Å²) in [6.07, 6.45) is 0.926. The van der Waals surface area contributed by atoms with Gasteiger partial charge in [0.15, 0.2) is 0 Å². The zero-order valence-electron chi connectivity index (χ0n) is 10.6. The molecule has 100 valence electrons. The summed E-state index contributed by atoms with van der Waals surface area (Å²) in [5.41, 5.74) is 0.776. The second-order valence-electron chi connectivity index (χ2n) is 4.11. The number of hydrogen-bond donors (Lipinski definition) is 1. The van der Waals surface area contributed by atoms with Gasteiger partial charge in [-0.05, 0) is 43.5 Å². The van der Waals surface area contributed by atoms with Gasteiger partial charge >= 0.3 is 0 Å². The van der Waals surface area contributed by atoms with Crippen LogP contribution in [-0.4, -0.2) is 14.1 Å². The van der Waals surface area contributed by atoms with Gasteiger partial charge in [-0.25, -0.2) is 4.83 Å². The number of halogens is 1. The second-order valence-corrected chi connectivity index (χ2v) is 6.69. The first-order valence-electron chi connectivity index (χ1n) is 5.68. The largest absolute Gasteiger partial charge is 0.276 e. The Morgan fingerprint density at radius 3 is 2.44 bits per heavy atom. The lowest BCUT2D eigenvalue weighted by atomic mass is 10.1. The molecular weight excluding hydrogens is 316 g/mol. The highest BCUT2D eigenvalue weighted by molar-refractivity contribution is 9.10. The van der Waals surface area contributed by atoms with Crippen molar-refractivity contribution in [1.29, 1.82) is 0 Å². The first-order chi connectivity index (χ1) is 8.36. The van der Waals surface area contributed by atoms with E-state index in [0.717, 1.165) is 16.6 Å². The Bertz CT molecular complexity index is 524. The van der Waals surface area contributed by atoms with E-state index in [1.807, 2.05) is 20.8 Å². The molecule has 4 nitrogen and oxygen atoms in total. The molecule has 0 saturated carbocycles. The molecule has 0 aromatic heterocycles. The Morgan fingerprint density at radius 2 is 1.94 bits per heavy atom. The first kappa shape index (κ1) is 15.2. The van der Waals surface area contributed by atoms with Gasteiger partial charge in [0, 0.05) is 10.2 Å². The second kappa shape index (κ2) is 6.33. The Hall–Kier alpha value is -0.880. The average molecular weight is 333 g/mol. The predicted molar refractivity (Wildman–Crippen MR) is 77.0 cm³/mol. The lowest BCUT2D eigenvalue weighted by Gasteiger charge is -2.09. The van der Waals surface area contributed by atoms with E-state index in [9.17, 15) is 8.42 Å². The Labute approximate surface area is 117 Å².